The summed E-state index contributed by atoms with van der Waals surface area (Å²) < 4.78 is 0. The molecule has 0 aliphatic rings. The lowest BCUT2D eigenvalue weighted by molar-refractivity contribution is -0.119. The number of amides is 1. The van der Waals surface area contributed by atoms with Gasteiger partial charge in [-0.2, -0.15) is 0 Å². The maximum Gasteiger partial charge on any atom is 0.251 e. The number of carbonyl (C=O) groups excluding carboxylic acids is 2. The van der Waals surface area contributed by atoms with Gasteiger partial charge in [0.25, 0.3) is 5.91 Å². The van der Waals surface area contributed by atoms with Crippen LogP contribution in [0.3, 0.4) is 0 Å². The molecule has 0 aromatic heterocycles. The predicted octanol–water partition coefficient (Wildman–Crippen LogP) is 4.52. The molecule has 0 saturated carbocycles. The van der Waals surface area contributed by atoms with E-state index in [-0.39, 0.29) is 5.91 Å². The summed E-state index contributed by atoms with van der Waals surface area (Å²) in [6.07, 6.45) is 8.96. The molecule has 0 radical (unpaired) electrons. The second-order valence-electron chi connectivity index (χ2n) is 5.78. The van der Waals surface area contributed by atoms with E-state index in [9.17, 15) is 9.59 Å². The van der Waals surface area contributed by atoms with Crippen molar-refractivity contribution in [3.8, 4) is 0 Å². The average Bonchev–Trinajstić information content (AvgIpc) is 2.55. The van der Waals surface area contributed by atoms with Crippen LogP contribution in [0.4, 0.5) is 0 Å². The van der Waals surface area contributed by atoms with Crippen LogP contribution >= 0.6 is 0 Å². The first-order valence-corrected chi connectivity index (χ1v) is 8.59. The molecular weight excluding hydrogens is 274 g/mol. The van der Waals surface area contributed by atoms with Crippen LogP contribution in [-0.2, 0) is 4.79 Å². The van der Waals surface area contributed by atoms with Gasteiger partial charge in [0.05, 0.1) is 0 Å². The minimum Gasteiger partial charge on any atom is -0.352 e. The minimum atomic E-state index is -0.0207. The molecule has 0 heterocycles. The molecule has 1 rings (SSSR count). The Balaban J connectivity index is 1.97. The van der Waals surface area contributed by atoms with E-state index in [4.69, 9.17) is 0 Å². The lowest BCUT2D eigenvalue weighted by Gasteiger charge is -2.05. The number of hydrogen-bond donors (Lipinski definition) is 1. The standard InChI is InChI=1S/C19H29NO2/c1-2-3-4-9-14-18(21)15-10-6-11-16-20-19(22)17-12-7-5-8-13-17/h5,7-8,12-13H,2-4,6,9-11,14-16H2,1H3,(H,20,22). The zero-order chi connectivity index (χ0) is 16.0. The van der Waals surface area contributed by atoms with E-state index in [2.05, 4.69) is 12.2 Å². The zero-order valence-electron chi connectivity index (χ0n) is 13.8. The molecule has 122 valence electrons. The van der Waals surface area contributed by atoms with Crippen LogP contribution in [0.2, 0.25) is 0 Å². The Kier molecular flexibility index (Phi) is 10.0. The second kappa shape index (κ2) is 12.0. The zero-order valence-corrected chi connectivity index (χ0v) is 13.8. The summed E-state index contributed by atoms with van der Waals surface area (Å²) in [5.41, 5.74) is 0.699. The molecule has 1 N–H and O–H groups in total. The molecule has 3 heteroatoms. The van der Waals surface area contributed by atoms with E-state index in [0.717, 1.165) is 32.1 Å². The van der Waals surface area contributed by atoms with Gasteiger partial charge in [-0.15, -0.1) is 0 Å². The van der Waals surface area contributed by atoms with Crippen LogP contribution in [0.15, 0.2) is 30.3 Å². The van der Waals surface area contributed by atoms with E-state index in [1.165, 1.54) is 19.3 Å². The van der Waals surface area contributed by atoms with Gasteiger partial charge >= 0.3 is 0 Å². The van der Waals surface area contributed by atoms with Crippen molar-refractivity contribution in [3.63, 3.8) is 0 Å². The van der Waals surface area contributed by atoms with E-state index in [1.54, 1.807) is 0 Å². The van der Waals surface area contributed by atoms with Crippen molar-refractivity contribution in [3.05, 3.63) is 35.9 Å². The van der Waals surface area contributed by atoms with Crippen molar-refractivity contribution in [1.29, 1.82) is 0 Å². The van der Waals surface area contributed by atoms with Crippen molar-refractivity contribution in [2.24, 2.45) is 0 Å². The number of carbonyl (C=O) groups is 2. The maximum absolute atomic E-state index is 11.8. The Morgan fingerprint density at radius 3 is 2.14 bits per heavy atom. The average molecular weight is 303 g/mol. The number of nitrogens with one attached hydrogen (secondary N) is 1. The van der Waals surface area contributed by atoms with Crippen LogP contribution in [-0.4, -0.2) is 18.2 Å². The molecule has 0 spiro atoms. The number of Topliss-reactive ketones (excluding diaryl/α,β-unsaturated/α-hetero) is 1. The van der Waals surface area contributed by atoms with Gasteiger partial charge < -0.3 is 5.32 Å². The van der Waals surface area contributed by atoms with Crippen molar-refractivity contribution >= 4 is 11.7 Å². The van der Waals surface area contributed by atoms with Crippen LogP contribution < -0.4 is 5.32 Å². The highest BCUT2D eigenvalue weighted by molar-refractivity contribution is 5.94. The lowest BCUT2D eigenvalue weighted by Crippen LogP contribution is -2.24. The van der Waals surface area contributed by atoms with Gasteiger partial charge in [0.1, 0.15) is 5.78 Å². The first-order chi connectivity index (χ1) is 10.7. The monoisotopic (exact) mass is 303 g/mol. The third-order valence-electron chi connectivity index (χ3n) is 3.76. The quantitative estimate of drug-likeness (QED) is 0.577. The minimum absolute atomic E-state index is 0.0207. The SMILES string of the molecule is CCCCCCC(=O)CCCCCNC(=O)c1ccccc1. The van der Waals surface area contributed by atoms with Gasteiger partial charge in [0, 0.05) is 24.9 Å². The highest BCUT2D eigenvalue weighted by Gasteiger charge is 2.04. The predicted molar refractivity (Wildman–Crippen MR) is 91.0 cm³/mol. The van der Waals surface area contributed by atoms with Crippen molar-refractivity contribution in [2.75, 3.05) is 6.54 Å². The van der Waals surface area contributed by atoms with E-state index >= 15 is 0 Å². The number of unbranched alkanes of at least 4 members (excludes halogenated alkanes) is 5. The summed E-state index contributed by atoms with van der Waals surface area (Å²) >= 11 is 0. The summed E-state index contributed by atoms with van der Waals surface area (Å²) in [5.74, 6) is 0.372. The fourth-order valence-corrected chi connectivity index (χ4v) is 2.39. The smallest absolute Gasteiger partial charge is 0.251 e. The Bertz CT molecular complexity index is 428. The molecule has 0 unspecified atom stereocenters. The van der Waals surface area contributed by atoms with Gasteiger partial charge in [-0.05, 0) is 31.4 Å². The third kappa shape index (κ3) is 8.60. The van der Waals surface area contributed by atoms with Gasteiger partial charge in [-0.1, -0.05) is 50.8 Å². The van der Waals surface area contributed by atoms with Crippen molar-refractivity contribution in [1.82, 2.24) is 5.32 Å². The topological polar surface area (TPSA) is 46.2 Å². The molecule has 0 fully saturated rings. The normalized spacial score (nSPS) is 10.4. The molecule has 1 aromatic carbocycles. The van der Waals surface area contributed by atoms with E-state index in [0.29, 0.717) is 24.3 Å². The Labute approximate surface area is 134 Å². The molecular formula is C19H29NO2. The number of rotatable bonds is 12. The van der Waals surface area contributed by atoms with Crippen molar-refractivity contribution in [2.45, 2.75) is 64.7 Å². The van der Waals surface area contributed by atoms with Gasteiger partial charge in [0.15, 0.2) is 0 Å². The molecule has 0 bridgehead atoms. The summed E-state index contributed by atoms with van der Waals surface area (Å²) in [6, 6.07) is 9.25. The van der Waals surface area contributed by atoms with Crippen LogP contribution in [0.25, 0.3) is 0 Å². The fourth-order valence-electron chi connectivity index (χ4n) is 2.39. The van der Waals surface area contributed by atoms with Crippen LogP contribution in [0.1, 0.15) is 75.1 Å². The largest absolute Gasteiger partial charge is 0.352 e. The molecule has 0 atom stereocenters. The highest BCUT2D eigenvalue weighted by Crippen LogP contribution is 2.07. The third-order valence-corrected chi connectivity index (χ3v) is 3.76. The number of ketones is 1. The van der Waals surface area contributed by atoms with Gasteiger partial charge in [0.2, 0.25) is 0 Å². The fraction of sp³-hybridized carbons (Fsp3) is 0.579. The molecule has 3 nitrogen and oxygen atoms in total. The first kappa shape index (κ1) is 18.4. The molecule has 0 aliphatic heterocycles. The highest BCUT2D eigenvalue weighted by atomic mass is 16.1. The Morgan fingerprint density at radius 2 is 1.50 bits per heavy atom. The number of benzene rings is 1. The Hall–Kier alpha value is -1.64. The van der Waals surface area contributed by atoms with Crippen LogP contribution in [0, 0.1) is 0 Å². The second-order valence-corrected chi connectivity index (χ2v) is 5.78. The Morgan fingerprint density at radius 1 is 0.864 bits per heavy atom. The number of hydrogen-bond acceptors (Lipinski definition) is 2. The van der Waals surface area contributed by atoms with Crippen LogP contribution in [0.5, 0.6) is 0 Å². The summed E-state index contributed by atoms with van der Waals surface area (Å²) in [4.78, 5) is 23.5. The first-order valence-electron chi connectivity index (χ1n) is 8.59. The summed E-state index contributed by atoms with van der Waals surface area (Å²) in [6.45, 7) is 2.86. The van der Waals surface area contributed by atoms with E-state index in [1.807, 2.05) is 30.3 Å². The molecule has 0 aliphatic carbocycles. The molecule has 0 saturated heterocycles. The maximum atomic E-state index is 11.8. The molecule has 1 amide bonds. The lowest BCUT2D eigenvalue weighted by atomic mass is 10.1. The molecule has 22 heavy (non-hydrogen) atoms. The molecule has 1 aromatic rings. The van der Waals surface area contributed by atoms with E-state index < -0.39 is 0 Å². The summed E-state index contributed by atoms with van der Waals surface area (Å²) in [5, 5.41) is 2.91. The summed E-state index contributed by atoms with van der Waals surface area (Å²) in [7, 11) is 0. The van der Waals surface area contributed by atoms with Gasteiger partial charge in [-0.3, -0.25) is 9.59 Å². The van der Waals surface area contributed by atoms with Gasteiger partial charge in [-0.25, -0.2) is 0 Å². The van der Waals surface area contributed by atoms with Crippen molar-refractivity contribution < 1.29 is 9.59 Å².